The summed E-state index contributed by atoms with van der Waals surface area (Å²) in [5.41, 5.74) is 0. The third-order valence-corrected chi connectivity index (χ3v) is 7.32. The molecule has 6 aromatic rings. The Morgan fingerprint density at radius 3 is 1.44 bits per heavy atom. The summed E-state index contributed by atoms with van der Waals surface area (Å²) in [4.78, 5) is 0. The summed E-state index contributed by atoms with van der Waals surface area (Å²) in [5.74, 6) is 0. The number of hydrogen-bond acceptors (Lipinski definition) is 3. The van der Waals surface area contributed by atoms with Crippen molar-refractivity contribution in [3.8, 4) is 0 Å². The summed E-state index contributed by atoms with van der Waals surface area (Å²) in [7, 11) is 0. The molecule has 0 saturated carbocycles. The van der Waals surface area contributed by atoms with Gasteiger partial charge in [0.25, 0.3) is 0 Å². The molecule has 0 aliphatic heterocycles. The maximum absolute atomic E-state index is 5.75. The van der Waals surface area contributed by atoms with E-state index in [1.807, 2.05) is 22.7 Å². The van der Waals surface area contributed by atoms with Gasteiger partial charge in [0.2, 0.25) is 0 Å². The smallest absolute Gasteiger partial charge is 0.115 e. The number of benzene rings is 4. The first-order chi connectivity index (χ1) is 13.6. The van der Waals surface area contributed by atoms with Crippen molar-refractivity contribution in [3.05, 3.63) is 72.8 Å². The fraction of sp³-hybridized carbons (Fsp3) is 0. The molecule has 0 amide bonds. The van der Waals surface area contributed by atoms with Gasteiger partial charge < -0.3 is 6.13 Å². The van der Waals surface area contributed by atoms with Gasteiger partial charge in [-0.25, -0.2) is 0 Å². The van der Waals surface area contributed by atoms with Crippen LogP contribution in [-0.4, -0.2) is 0 Å². The lowest BCUT2D eigenvalue weighted by molar-refractivity contribution is 1.82. The molecule has 0 aliphatic carbocycles. The molecule has 3 N–H and O–H groups in total. The number of rotatable bonds is 0. The maximum atomic E-state index is 5.75. The van der Waals surface area contributed by atoms with E-state index in [9.17, 15) is 0 Å². The molecule has 0 aliphatic rings. The van der Waals surface area contributed by atoms with Crippen LogP contribution in [0.2, 0.25) is 4.24 Å². The molecule has 0 atom stereocenters. The highest BCUT2D eigenvalue weighted by atomic mass is 32.1. The van der Waals surface area contributed by atoms with E-state index in [0.717, 1.165) is 0 Å². The Balaban J connectivity index is 0.000000393. The highest BCUT2D eigenvalue weighted by molar-refractivity contribution is 7.36. The average molecular weight is 363 g/mol. The van der Waals surface area contributed by atoms with Gasteiger partial charge in [0, 0.05) is 20.2 Å². The van der Waals surface area contributed by atoms with Crippen LogP contribution >= 0.6 is 22.7 Å². The van der Waals surface area contributed by atoms with Crippen LogP contribution in [0.4, 0.5) is 0 Å². The van der Waals surface area contributed by atoms with Crippen molar-refractivity contribution in [1.82, 2.24) is 6.13 Å². The zero-order valence-electron chi connectivity index (χ0n) is 16.2. The lowest BCUT2D eigenvalue weighted by Crippen LogP contribution is -1.71. The highest BCUT2D eigenvalue weighted by Crippen LogP contribution is 2.46. The Kier molecular flexibility index (Phi) is 2.52. The SMILES string of the molecule is [2H]N([3H])[3H].c1ccc2cc3c(cc2c1)sc1c2cc4ccccc4cc2sc31. The second-order valence-electron chi connectivity index (χ2n) is 6.25. The van der Waals surface area contributed by atoms with Crippen LogP contribution < -0.4 is 6.13 Å². The van der Waals surface area contributed by atoms with Crippen LogP contribution in [0.5, 0.6) is 0 Å². The van der Waals surface area contributed by atoms with Gasteiger partial charge in [0.1, 0.15) is 4.24 Å². The van der Waals surface area contributed by atoms with Crippen molar-refractivity contribution in [3.63, 3.8) is 0 Å². The standard InChI is InChI=1S/C22H12S2.H3N/c1-3-7-15-11-19-17(9-13(15)5-1)21-22(23-19)18-10-14-6-2-4-8-16(14)12-20(18)24-21;/h1-12H;1H3/i/hT2D. The molecule has 1 nitrogen and oxygen atoms in total. The fourth-order valence-electron chi connectivity index (χ4n) is 3.63. The summed E-state index contributed by atoms with van der Waals surface area (Å²) in [6, 6.07) is 26.7. The summed E-state index contributed by atoms with van der Waals surface area (Å²) >= 11 is 3.86. The highest BCUT2D eigenvalue weighted by Gasteiger charge is 2.13. The minimum absolute atomic E-state index is 0.250. The lowest BCUT2D eigenvalue weighted by Gasteiger charge is -1.98. The maximum Gasteiger partial charge on any atom is 0.115 e. The van der Waals surface area contributed by atoms with Crippen LogP contribution in [-0.2, 0) is 0 Å². The summed E-state index contributed by atoms with van der Waals surface area (Å²) in [6.07, 6.45) is -0.250. The van der Waals surface area contributed by atoms with Gasteiger partial charge in [0.05, 0.1) is 9.40 Å². The van der Waals surface area contributed by atoms with Gasteiger partial charge in [-0.3, -0.25) is 0 Å². The zero-order chi connectivity index (χ0) is 19.3. The molecule has 0 saturated heterocycles. The predicted octanol–water partition coefficient (Wildman–Crippen LogP) is 7.74. The van der Waals surface area contributed by atoms with Crippen LogP contribution in [0.3, 0.4) is 0 Å². The monoisotopic (exact) mass is 362 g/mol. The molecule has 25 heavy (non-hydrogen) atoms. The van der Waals surface area contributed by atoms with Crippen molar-refractivity contribution < 1.29 is 4.24 Å². The molecule has 0 spiro atoms. The molecule has 0 bridgehead atoms. The fourth-order valence-corrected chi connectivity index (χ4v) is 6.33. The number of thiophene rings is 2. The first-order valence-electron chi connectivity index (χ1n) is 9.37. The predicted molar refractivity (Wildman–Crippen MR) is 115 cm³/mol. The van der Waals surface area contributed by atoms with E-state index in [4.69, 9.17) is 4.24 Å². The van der Waals surface area contributed by atoms with Gasteiger partial charge in [-0.15, -0.1) is 22.7 Å². The molecule has 4 aromatic carbocycles. The molecular formula is C22H15NS2. The van der Waals surface area contributed by atoms with E-state index in [1.165, 1.54) is 51.1 Å². The van der Waals surface area contributed by atoms with Gasteiger partial charge in [-0.05, 0) is 45.8 Å². The minimum Gasteiger partial charge on any atom is -0.344 e. The molecule has 0 unspecified atom stereocenters. The topological polar surface area (TPSA) is 35.0 Å². The molecule has 2 heterocycles. The van der Waals surface area contributed by atoms with Crippen LogP contribution in [0.25, 0.3) is 51.1 Å². The van der Waals surface area contributed by atoms with E-state index >= 15 is 0 Å². The van der Waals surface area contributed by atoms with Gasteiger partial charge in [-0.2, -0.15) is 0 Å². The van der Waals surface area contributed by atoms with Crippen LogP contribution in [0.1, 0.15) is 0 Å². The van der Waals surface area contributed by atoms with Gasteiger partial charge in [-0.1, -0.05) is 48.5 Å². The largest absolute Gasteiger partial charge is 0.344 e. The van der Waals surface area contributed by atoms with Crippen molar-refractivity contribution in [1.29, 1.82) is 0 Å². The summed E-state index contributed by atoms with van der Waals surface area (Å²) < 4.78 is 22.9. The van der Waals surface area contributed by atoms with Crippen molar-refractivity contribution >= 4 is 73.8 Å². The van der Waals surface area contributed by atoms with E-state index in [1.54, 1.807) is 0 Å². The zero-order valence-corrected chi connectivity index (χ0v) is 14.8. The van der Waals surface area contributed by atoms with E-state index in [2.05, 4.69) is 72.8 Å². The van der Waals surface area contributed by atoms with E-state index in [-0.39, 0.29) is 6.13 Å². The molecule has 2 aromatic heterocycles. The van der Waals surface area contributed by atoms with Crippen molar-refractivity contribution in [2.45, 2.75) is 0 Å². The quantitative estimate of drug-likeness (QED) is 0.295. The molecule has 0 fully saturated rings. The Morgan fingerprint density at radius 1 is 0.680 bits per heavy atom. The Bertz CT molecular complexity index is 1350. The number of hydrogen-bond donors (Lipinski definition) is 1. The summed E-state index contributed by atoms with van der Waals surface area (Å²) in [5, 5.41) is 8.11. The second-order valence-corrected chi connectivity index (χ2v) is 8.36. The molecule has 6 rings (SSSR count). The second kappa shape index (κ2) is 5.27. The minimum atomic E-state index is -0.250. The average Bonchev–Trinajstić information content (AvgIpc) is 3.19. The Hall–Kier alpha value is -2.46. The van der Waals surface area contributed by atoms with Gasteiger partial charge in [0.15, 0.2) is 0 Å². The van der Waals surface area contributed by atoms with E-state index in [0.29, 0.717) is 0 Å². The molecule has 3 heteroatoms. The number of fused-ring (bicyclic) bond motifs is 7. The van der Waals surface area contributed by atoms with Crippen molar-refractivity contribution in [2.75, 3.05) is 0 Å². The third-order valence-electron chi connectivity index (χ3n) is 4.82. The first kappa shape index (κ1) is 12.0. The lowest BCUT2D eigenvalue weighted by atomic mass is 10.1. The molecule has 120 valence electrons. The normalized spacial score (nSPS) is 13.2. The Morgan fingerprint density at radius 2 is 1.04 bits per heavy atom. The van der Waals surface area contributed by atoms with Crippen LogP contribution in [0.15, 0.2) is 72.8 Å². The molecule has 0 radical (unpaired) electrons. The van der Waals surface area contributed by atoms with Gasteiger partial charge >= 0.3 is 0 Å². The molecular weight excluding hydrogens is 342 g/mol. The Labute approximate surface area is 157 Å². The van der Waals surface area contributed by atoms with E-state index < -0.39 is 0 Å². The third kappa shape index (κ3) is 2.04. The van der Waals surface area contributed by atoms with Crippen LogP contribution in [0, 0.1) is 0 Å². The first-order valence-corrected chi connectivity index (χ1v) is 9.66. The van der Waals surface area contributed by atoms with Crippen molar-refractivity contribution in [2.24, 2.45) is 0 Å². The summed E-state index contributed by atoms with van der Waals surface area (Å²) in [6.45, 7) is 0.